The molecule has 10 heavy (non-hydrogen) atoms. The molecule has 4 N–H and O–H groups in total. The number of rotatable bonds is 2. The molecule has 7 nitrogen and oxygen atoms in total. The van der Waals surface area contributed by atoms with Crippen LogP contribution in [-0.4, -0.2) is 19.6 Å². The van der Waals surface area contributed by atoms with Gasteiger partial charge in [-0.2, -0.15) is 4.31 Å². The smallest absolute Gasteiger partial charge is 0.302 e. The molecule has 0 aromatic rings. The average Bonchev–Trinajstić information content (AvgIpc) is 1.14. The molecule has 0 aliphatic heterocycles. The van der Waals surface area contributed by atoms with Gasteiger partial charge in [-0.1, -0.05) is 0 Å². The van der Waals surface area contributed by atoms with E-state index in [2.05, 4.69) is 4.31 Å². The fraction of sp³-hybridized carbons (Fsp3) is 0. The van der Waals surface area contributed by atoms with E-state index < -0.39 is 15.6 Å². The molecule has 0 spiro atoms. The van der Waals surface area contributed by atoms with Crippen LogP contribution in [0.25, 0.3) is 0 Å². The zero-order valence-electron chi connectivity index (χ0n) is 4.41. The van der Waals surface area contributed by atoms with Gasteiger partial charge in [0.15, 0.2) is 0 Å². The summed E-state index contributed by atoms with van der Waals surface area (Å²) in [6.45, 7) is 0. The van der Waals surface area contributed by atoms with Crippen LogP contribution < -0.4 is 0 Å². The van der Waals surface area contributed by atoms with E-state index in [4.69, 9.17) is 19.6 Å². The molecule has 0 atom stereocenters. The van der Waals surface area contributed by atoms with Crippen molar-refractivity contribution >= 4 is 15.6 Å². The van der Waals surface area contributed by atoms with E-state index in [0.29, 0.717) is 0 Å². The average molecular weight is 269 g/mol. The second-order valence-electron chi connectivity index (χ2n) is 1.06. The Morgan fingerprint density at radius 3 is 1.10 bits per heavy atom. The summed E-state index contributed by atoms with van der Waals surface area (Å²) >= 11 is 0. The van der Waals surface area contributed by atoms with Crippen LogP contribution in [0, 0.1) is 0 Å². The summed E-state index contributed by atoms with van der Waals surface area (Å²) in [5, 5.41) is 0. The van der Waals surface area contributed by atoms with Crippen LogP contribution in [0.2, 0.25) is 0 Å². The van der Waals surface area contributed by atoms with E-state index in [-0.39, 0.29) is 26.2 Å². The molecule has 0 aromatic carbocycles. The molecule has 0 aliphatic carbocycles. The zero-order valence-corrected chi connectivity index (χ0v) is 8.65. The molecule has 0 radical (unpaired) electrons. The number of hydrogen-bond donors (Lipinski definition) is 4. The Morgan fingerprint density at radius 2 is 1.10 bits per heavy atom. The van der Waals surface area contributed by atoms with Gasteiger partial charge < -0.3 is 19.6 Å². The quantitative estimate of drug-likeness (QED) is 0.483. The minimum atomic E-state index is -5.05. The molecular weight excluding hydrogens is 265 g/mol. The van der Waals surface area contributed by atoms with Crippen LogP contribution >= 0.6 is 15.6 Å². The maximum Gasteiger partial charge on any atom is 0.478 e. The molecule has 60 valence electrons. The third kappa shape index (κ3) is 11.9. The zero-order chi connectivity index (χ0) is 7.71. The Labute approximate surface area is 75.0 Å². The van der Waals surface area contributed by atoms with Crippen LogP contribution in [0.15, 0.2) is 0 Å². The Hall–Kier alpha value is 1.14. The summed E-state index contributed by atoms with van der Waals surface area (Å²) in [5.74, 6) is 0. The fourth-order valence-electron chi connectivity index (χ4n) is 0.139. The van der Waals surface area contributed by atoms with Crippen LogP contribution in [0.4, 0.5) is 0 Å². The van der Waals surface area contributed by atoms with Gasteiger partial charge >= 0.3 is 15.6 Å². The molecule has 0 aromatic heterocycles. The first-order chi connectivity index (χ1) is 3.71. The second kappa shape index (κ2) is 4.24. The predicted octanol–water partition coefficient (Wildman–Crippen LogP) is -0.814. The molecule has 0 saturated carbocycles. The summed E-state index contributed by atoms with van der Waals surface area (Å²) in [5.41, 5.74) is 0. The summed E-state index contributed by atoms with van der Waals surface area (Å²) < 4.78 is 22.2. The van der Waals surface area contributed by atoms with Crippen molar-refractivity contribution in [3.63, 3.8) is 0 Å². The molecule has 0 fully saturated rings. The van der Waals surface area contributed by atoms with E-state index in [1.54, 1.807) is 0 Å². The van der Waals surface area contributed by atoms with Crippen molar-refractivity contribution in [2.24, 2.45) is 0 Å². The van der Waals surface area contributed by atoms with E-state index in [1.807, 2.05) is 0 Å². The van der Waals surface area contributed by atoms with Crippen LogP contribution in [0.5, 0.6) is 0 Å². The molecule has 10 heteroatoms. The van der Waals surface area contributed by atoms with Gasteiger partial charge in [-0.15, -0.1) is 0 Å². The summed E-state index contributed by atoms with van der Waals surface area (Å²) in [6, 6.07) is 0. The minimum Gasteiger partial charge on any atom is -0.302 e. The molecule has 0 saturated heterocycles. The Morgan fingerprint density at radius 1 is 0.900 bits per heavy atom. The van der Waals surface area contributed by atoms with Gasteiger partial charge in [0.05, 0.1) is 0 Å². The van der Waals surface area contributed by atoms with Crippen molar-refractivity contribution in [3.05, 3.63) is 0 Å². The molecule has 0 unspecified atom stereocenters. The molecular formula is H4O7P2Zr. The van der Waals surface area contributed by atoms with Gasteiger partial charge in [-0.25, -0.2) is 9.13 Å². The third-order valence-electron chi connectivity index (χ3n) is 0.213. The van der Waals surface area contributed by atoms with Crippen LogP contribution in [-0.2, 0) is 39.6 Å². The summed E-state index contributed by atoms with van der Waals surface area (Å²) in [7, 11) is -10.1. The predicted molar refractivity (Wildman–Crippen MR) is 25.2 cm³/mol. The first kappa shape index (κ1) is 13.7. The van der Waals surface area contributed by atoms with Crippen LogP contribution in [0.1, 0.15) is 0 Å². The van der Waals surface area contributed by atoms with Gasteiger partial charge in [0.25, 0.3) is 0 Å². The van der Waals surface area contributed by atoms with E-state index in [0.717, 1.165) is 0 Å². The van der Waals surface area contributed by atoms with Gasteiger partial charge in [-0.3, -0.25) is 0 Å². The molecule has 0 bridgehead atoms. The molecule has 0 heterocycles. The van der Waals surface area contributed by atoms with Crippen molar-refractivity contribution in [2.75, 3.05) is 0 Å². The third-order valence-corrected chi connectivity index (χ3v) is 1.91. The Bertz CT molecular complexity index is 152. The standard InChI is InChI=1S/H4O7P2.Zr/c1-8(2,3)7-9(4,5)6;/h(H2,1,2,3)(H2,4,5,6);. The molecule has 0 amide bonds. The maximum absolute atomic E-state index is 9.63. The van der Waals surface area contributed by atoms with Crippen molar-refractivity contribution in [3.8, 4) is 0 Å². The van der Waals surface area contributed by atoms with E-state index >= 15 is 0 Å². The molecule has 0 rings (SSSR count). The first-order valence-electron chi connectivity index (χ1n) is 1.53. The van der Waals surface area contributed by atoms with Crippen molar-refractivity contribution in [1.29, 1.82) is 0 Å². The number of hydrogen-bond acceptors (Lipinski definition) is 3. The van der Waals surface area contributed by atoms with Crippen molar-refractivity contribution in [2.45, 2.75) is 0 Å². The summed E-state index contributed by atoms with van der Waals surface area (Å²) in [6.07, 6.45) is 0. The largest absolute Gasteiger partial charge is 0.478 e. The first-order valence-corrected chi connectivity index (χ1v) is 4.59. The monoisotopic (exact) mass is 268 g/mol. The fourth-order valence-corrected chi connectivity index (χ4v) is 1.25. The van der Waals surface area contributed by atoms with Gasteiger partial charge in [-0.05, 0) is 0 Å². The molecule has 0 aliphatic rings. The second-order valence-corrected chi connectivity index (χ2v) is 3.68. The normalized spacial score (nSPS) is 12.4. The van der Waals surface area contributed by atoms with Crippen LogP contribution in [0.3, 0.4) is 0 Å². The van der Waals surface area contributed by atoms with Gasteiger partial charge in [0.2, 0.25) is 0 Å². The number of phosphoric acid groups is 2. The topological polar surface area (TPSA) is 124 Å². The van der Waals surface area contributed by atoms with Gasteiger partial charge in [0, 0.05) is 26.2 Å². The minimum absolute atomic E-state index is 0. The van der Waals surface area contributed by atoms with E-state index in [1.165, 1.54) is 0 Å². The SMILES string of the molecule is O=P(O)(O)OP(=O)(O)O.[Zr]. The van der Waals surface area contributed by atoms with Crippen molar-refractivity contribution < 1.29 is 59.2 Å². The Balaban J connectivity index is 0. The Kier molecular flexibility index (Phi) is 5.81. The maximum atomic E-state index is 9.63. The van der Waals surface area contributed by atoms with Crippen molar-refractivity contribution in [1.82, 2.24) is 0 Å². The van der Waals surface area contributed by atoms with E-state index in [9.17, 15) is 9.13 Å². The summed E-state index contributed by atoms with van der Waals surface area (Å²) in [4.78, 5) is 31.0. The van der Waals surface area contributed by atoms with Gasteiger partial charge in [0.1, 0.15) is 0 Å².